The number of urea groups is 1. The maximum atomic E-state index is 12.4. The summed E-state index contributed by atoms with van der Waals surface area (Å²) < 4.78 is 7.15. The Bertz CT molecular complexity index is 841. The number of amides is 3. The molecule has 1 aliphatic heterocycles. The van der Waals surface area contributed by atoms with E-state index in [0.29, 0.717) is 32.0 Å². The van der Waals surface area contributed by atoms with Crippen LogP contribution in [0.3, 0.4) is 0 Å². The van der Waals surface area contributed by atoms with E-state index in [1.54, 1.807) is 11.0 Å². The molecule has 1 aromatic heterocycles. The molecule has 144 valence electrons. The van der Waals surface area contributed by atoms with Gasteiger partial charge in [-0.05, 0) is 24.3 Å². The molecule has 0 unspecified atom stereocenters. The van der Waals surface area contributed by atoms with Crippen molar-refractivity contribution in [2.24, 2.45) is 0 Å². The molecule has 2 aromatic rings. The lowest BCUT2D eigenvalue weighted by molar-refractivity contribution is -0.137. The van der Waals surface area contributed by atoms with Gasteiger partial charge in [0, 0.05) is 42.4 Å². The van der Waals surface area contributed by atoms with Gasteiger partial charge in [-0.2, -0.15) is 0 Å². The Balaban J connectivity index is 1.61. The van der Waals surface area contributed by atoms with Gasteiger partial charge in [-0.3, -0.25) is 9.59 Å². The molecule has 3 rings (SSSR count). The summed E-state index contributed by atoms with van der Waals surface area (Å²) in [5, 5.41) is 14.6. The highest BCUT2D eigenvalue weighted by Gasteiger charge is 2.17. The van der Waals surface area contributed by atoms with E-state index >= 15 is 0 Å². The lowest BCUT2D eigenvalue weighted by Gasteiger charge is -2.27. The van der Waals surface area contributed by atoms with Gasteiger partial charge in [0.25, 0.3) is 0 Å². The van der Waals surface area contributed by atoms with Crippen molar-refractivity contribution in [3.63, 3.8) is 0 Å². The number of benzene rings is 1. The van der Waals surface area contributed by atoms with Gasteiger partial charge in [0.2, 0.25) is 5.91 Å². The van der Waals surface area contributed by atoms with Gasteiger partial charge in [0.1, 0.15) is 6.54 Å². The minimum absolute atomic E-state index is 0.0517. The number of hydrogen-bond donors (Lipinski definition) is 3. The van der Waals surface area contributed by atoms with E-state index in [9.17, 15) is 14.4 Å². The Hall–Kier alpha value is -3.07. The lowest BCUT2D eigenvalue weighted by atomic mass is 10.2. The molecule has 0 saturated carbocycles. The summed E-state index contributed by atoms with van der Waals surface area (Å²) in [6.07, 6.45) is 1.71. The van der Waals surface area contributed by atoms with Gasteiger partial charge in [-0.25, -0.2) is 4.79 Å². The molecule has 0 bridgehead atoms. The van der Waals surface area contributed by atoms with Gasteiger partial charge in [-0.1, -0.05) is 0 Å². The molecule has 1 aliphatic rings. The number of carboxylic acids is 1. The van der Waals surface area contributed by atoms with Gasteiger partial charge in [0.15, 0.2) is 0 Å². The number of carboxylic acid groups (broad SMARTS) is 1. The third-order valence-corrected chi connectivity index (χ3v) is 4.32. The molecule has 9 heteroatoms. The lowest BCUT2D eigenvalue weighted by Crippen LogP contribution is -2.42. The molecule has 3 N–H and O–H groups in total. The largest absolute Gasteiger partial charge is 0.481 e. The highest BCUT2D eigenvalue weighted by Crippen LogP contribution is 2.21. The third-order valence-electron chi connectivity index (χ3n) is 4.32. The van der Waals surface area contributed by atoms with Crippen molar-refractivity contribution in [1.29, 1.82) is 0 Å². The van der Waals surface area contributed by atoms with Crippen LogP contribution in [0.4, 0.5) is 10.5 Å². The molecule has 0 radical (unpaired) electrons. The van der Waals surface area contributed by atoms with E-state index in [0.717, 1.165) is 10.9 Å². The van der Waals surface area contributed by atoms with E-state index in [4.69, 9.17) is 9.84 Å². The number of carbonyl (C=O) groups is 3. The van der Waals surface area contributed by atoms with Crippen LogP contribution in [0.5, 0.6) is 0 Å². The number of carbonyl (C=O) groups excluding carboxylic acids is 2. The van der Waals surface area contributed by atoms with Crippen molar-refractivity contribution in [3.8, 4) is 0 Å². The average molecular weight is 374 g/mol. The Morgan fingerprint density at radius 3 is 2.67 bits per heavy atom. The van der Waals surface area contributed by atoms with Crippen molar-refractivity contribution in [2.45, 2.75) is 13.0 Å². The van der Waals surface area contributed by atoms with Crippen molar-refractivity contribution in [2.75, 3.05) is 38.2 Å². The fourth-order valence-electron chi connectivity index (χ4n) is 2.93. The zero-order valence-corrected chi connectivity index (χ0v) is 14.8. The first kappa shape index (κ1) is 18.7. The predicted molar refractivity (Wildman–Crippen MR) is 98.6 cm³/mol. The van der Waals surface area contributed by atoms with Gasteiger partial charge in [0.05, 0.1) is 19.6 Å². The molecule has 0 aliphatic carbocycles. The van der Waals surface area contributed by atoms with Gasteiger partial charge < -0.3 is 29.9 Å². The first-order chi connectivity index (χ1) is 13.0. The number of anilines is 1. The fourth-order valence-corrected chi connectivity index (χ4v) is 2.93. The number of aliphatic carboxylic acids is 1. The van der Waals surface area contributed by atoms with Crippen LogP contribution in [0.1, 0.15) is 6.42 Å². The van der Waals surface area contributed by atoms with Crippen molar-refractivity contribution in [3.05, 3.63) is 30.5 Å². The Kier molecular flexibility index (Phi) is 5.92. The minimum atomic E-state index is -0.968. The fraction of sp³-hybridized carbons (Fsp3) is 0.389. The Morgan fingerprint density at radius 2 is 1.93 bits per heavy atom. The molecule has 0 spiro atoms. The number of morpholine rings is 1. The summed E-state index contributed by atoms with van der Waals surface area (Å²) in [4.78, 5) is 36.4. The second-order valence-electron chi connectivity index (χ2n) is 6.24. The number of rotatable bonds is 6. The summed E-state index contributed by atoms with van der Waals surface area (Å²) in [6.45, 7) is 2.69. The van der Waals surface area contributed by atoms with Crippen LogP contribution >= 0.6 is 0 Å². The number of hydrogen-bond acceptors (Lipinski definition) is 4. The molecular weight excluding hydrogens is 352 g/mol. The Morgan fingerprint density at radius 1 is 1.15 bits per heavy atom. The van der Waals surface area contributed by atoms with E-state index < -0.39 is 12.0 Å². The van der Waals surface area contributed by atoms with Crippen molar-refractivity contribution in [1.82, 2.24) is 14.8 Å². The molecular formula is C18H22N4O5. The number of nitrogens with zero attached hydrogens (tertiary/aromatic N) is 2. The van der Waals surface area contributed by atoms with Crippen molar-refractivity contribution >= 4 is 34.5 Å². The van der Waals surface area contributed by atoms with E-state index in [1.165, 1.54) is 0 Å². The van der Waals surface area contributed by atoms with E-state index in [2.05, 4.69) is 10.6 Å². The highest BCUT2D eigenvalue weighted by molar-refractivity contribution is 5.93. The van der Waals surface area contributed by atoms with Gasteiger partial charge >= 0.3 is 12.0 Å². The van der Waals surface area contributed by atoms with E-state index in [-0.39, 0.29) is 25.4 Å². The summed E-state index contributed by atoms with van der Waals surface area (Å²) in [5.41, 5.74) is 1.49. The zero-order chi connectivity index (χ0) is 19.2. The molecule has 27 heavy (non-hydrogen) atoms. The molecule has 3 amide bonds. The van der Waals surface area contributed by atoms with Gasteiger partial charge in [-0.15, -0.1) is 0 Å². The molecule has 2 heterocycles. The first-order valence-corrected chi connectivity index (χ1v) is 8.74. The summed E-state index contributed by atoms with van der Waals surface area (Å²) in [6, 6.07) is 6.82. The molecule has 1 saturated heterocycles. The van der Waals surface area contributed by atoms with Crippen LogP contribution in [-0.2, 0) is 20.9 Å². The average Bonchev–Trinajstić information content (AvgIpc) is 3.04. The van der Waals surface area contributed by atoms with Crippen molar-refractivity contribution < 1.29 is 24.2 Å². The standard InChI is InChI=1S/C18H22N4O5/c23-16(21-7-9-27-10-8-21)12-22-6-4-13-11-14(1-2-15(13)22)20-18(26)19-5-3-17(24)25/h1-2,4,6,11H,3,5,7-10,12H2,(H,24,25)(H2,19,20,26). The zero-order valence-electron chi connectivity index (χ0n) is 14.8. The molecule has 0 atom stereocenters. The summed E-state index contributed by atoms with van der Waals surface area (Å²) in [5.74, 6) is -0.916. The summed E-state index contributed by atoms with van der Waals surface area (Å²) in [7, 11) is 0. The number of aromatic nitrogens is 1. The quantitative estimate of drug-likeness (QED) is 0.701. The SMILES string of the molecule is O=C(O)CCNC(=O)Nc1ccc2c(ccn2CC(=O)N2CCOCC2)c1. The first-order valence-electron chi connectivity index (χ1n) is 8.74. The maximum Gasteiger partial charge on any atom is 0.319 e. The van der Waals surface area contributed by atoms with Crippen LogP contribution in [-0.4, -0.2) is 65.3 Å². The molecule has 1 aromatic carbocycles. The normalized spacial score (nSPS) is 14.1. The second-order valence-corrected chi connectivity index (χ2v) is 6.24. The second kappa shape index (κ2) is 8.54. The van der Waals surface area contributed by atoms with E-state index in [1.807, 2.05) is 29.0 Å². The highest BCUT2D eigenvalue weighted by atomic mass is 16.5. The van der Waals surface area contributed by atoms with Crippen LogP contribution < -0.4 is 10.6 Å². The maximum absolute atomic E-state index is 12.4. The monoisotopic (exact) mass is 374 g/mol. The van der Waals surface area contributed by atoms with Crippen LogP contribution in [0.2, 0.25) is 0 Å². The smallest absolute Gasteiger partial charge is 0.319 e. The number of ether oxygens (including phenoxy) is 1. The predicted octanol–water partition coefficient (Wildman–Crippen LogP) is 1.10. The van der Waals surface area contributed by atoms with Crippen LogP contribution in [0, 0.1) is 0 Å². The van der Waals surface area contributed by atoms with Crippen LogP contribution in [0.25, 0.3) is 10.9 Å². The molecule has 1 fully saturated rings. The number of nitrogens with one attached hydrogen (secondary N) is 2. The summed E-state index contributed by atoms with van der Waals surface area (Å²) >= 11 is 0. The third kappa shape index (κ3) is 4.98. The van der Waals surface area contributed by atoms with Crippen LogP contribution in [0.15, 0.2) is 30.5 Å². The number of fused-ring (bicyclic) bond motifs is 1. The minimum Gasteiger partial charge on any atom is -0.481 e. The Labute approximate surface area is 155 Å². The molecule has 9 nitrogen and oxygen atoms in total. The topological polar surface area (TPSA) is 113 Å².